The number of phenols is 2. The summed E-state index contributed by atoms with van der Waals surface area (Å²) < 4.78 is 32.0. The number of hydrogen-bond acceptors (Lipinski definition) is 7. The van der Waals surface area contributed by atoms with Crippen LogP contribution in [0.5, 0.6) is 34.5 Å². The Bertz CT molecular complexity index is 1530. The normalized spacial score (nSPS) is 12.9. The van der Waals surface area contributed by atoms with Crippen molar-refractivity contribution in [1.29, 1.82) is 0 Å². The van der Waals surface area contributed by atoms with E-state index in [0.29, 0.717) is 73.3 Å². The molecule has 0 aromatic heterocycles. The van der Waals surface area contributed by atoms with Crippen molar-refractivity contribution in [3.05, 3.63) is 35.9 Å². The van der Waals surface area contributed by atoms with Crippen LogP contribution in [-0.2, 0) is 11.0 Å². The molecule has 9 heteroatoms. The van der Waals surface area contributed by atoms with Crippen LogP contribution in [0.1, 0.15) is 102 Å². The first kappa shape index (κ1) is 40.5. The number of hydrogen-bond donors (Lipinski definition) is 2. The van der Waals surface area contributed by atoms with Gasteiger partial charge in [-0.2, -0.15) is 0 Å². The molecule has 0 saturated carbocycles. The van der Waals surface area contributed by atoms with E-state index in [9.17, 15) is 10.2 Å². The molecule has 3 aromatic carbocycles. The molecule has 0 spiro atoms. The van der Waals surface area contributed by atoms with E-state index in [1.54, 1.807) is 19.2 Å². The molecule has 0 aliphatic rings. The Kier molecular flexibility index (Phi) is 13.2. The van der Waals surface area contributed by atoms with E-state index in [0.717, 1.165) is 11.3 Å². The van der Waals surface area contributed by atoms with Crippen molar-refractivity contribution in [2.45, 2.75) is 143 Å². The number of ether oxygens (including phenoxy) is 3. The number of phenolic OH excluding ortho intramolecular Hbond substituents is 2. The van der Waals surface area contributed by atoms with Gasteiger partial charge in [-0.15, -0.1) is 0 Å². The summed E-state index contributed by atoms with van der Waals surface area (Å²) in [5.74, 6) is 1.74. The summed E-state index contributed by atoms with van der Waals surface area (Å²) in [7, 11) is -1.50. The van der Waals surface area contributed by atoms with E-state index >= 15 is 0 Å². The standard InChI is InChI=1S/C40H64O7Si2/c1-23(2)46-40-36(38(41)33-20-32(43-15)21-35(44-16)37(33)39(40)42)30-17-18-34(47-49(27(9)10,28(11)12)29(13)14)31(19-30)22-45-48(24(3)4,25(5)6)26(7)8/h17-21,23-29,41-42H,22H2,1-16H3. The second-order valence-corrected chi connectivity index (χ2v) is 26.5. The van der Waals surface area contributed by atoms with Crippen molar-refractivity contribution in [3.63, 3.8) is 0 Å². The molecule has 0 heterocycles. The SMILES string of the molecule is COc1cc(OC)c2c(O)c(OC(C)C)c(-c3ccc(O[Si](C(C)C)(C(C)C)C(C)C)c(CO[Si](C(C)C)(C(C)C)C(C)C)c3)c(O)c2c1. The van der Waals surface area contributed by atoms with E-state index in [1.165, 1.54) is 7.11 Å². The number of methoxy groups -OCH3 is 2. The van der Waals surface area contributed by atoms with Gasteiger partial charge in [-0.1, -0.05) is 89.2 Å². The van der Waals surface area contributed by atoms with Gasteiger partial charge in [0, 0.05) is 17.0 Å². The molecule has 0 unspecified atom stereocenters. The Morgan fingerprint density at radius 2 is 1.14 bits per heavy atom. The maximum Gasteiger partial charge on any atom is 0.258 e. The second kappa shape index (κ2) is 16.0. The molecule has 2 N–H and O–H groups in total. The Labute approximate surface area is 298 Å². The summed E-state index contributed by atoms with van der Waals surface area (Å²) >= 11 is 0. The Morgan fingerprint density at radius 1 is 0.612 bits per heavy atom. The van der Waals surface area contributed by atoms with Crippen LogP contribution >= 0.6 is 0 Å². The summed E-state index contributed by atoms with van der Waals surface area (Å²) in [4.78, 5) is 0. The first-order chi connectivity index (χ1) is 22.8. The highest BCUT2D eigenvalue weighted by molar-refractivity contribution is 6.78. The predicted octanol–water partition coefficient (Wildman–Crippen LogP) is 12.0. The molecule has 274 valence electrons. The molecule has 49 heavy (non-hydrogen) atoms. The van der Waals surface area contributed by atoms with Crippen molar-refractivity contribution in [1.82, 2.24) is 0 Å². The van der Waals surface area contributed by atoms with Gasteiger partial charge >= 0.3 is 0 Å². The lowest BCUT2D eigenvalue weighted by Gasteiger charge is -2.44. The van der Waals surface area contributed by atoms with Gasteiger partial charge in [0.1, 0.15) is 23.0 Å². The minimum absolute atomic E-state index is 0.0355. The Morgan fingerprint density at radius 3 is 1.59 bits per heavy atom. The van der Waals surface area contributed by atoms with Crippen LogP contribution in [0, 0.1) is 0 Å². The molecule has 0 aliphatic heterocycles. The average molecular weight is 713 g/mol. The van der Waals surface area contributed by atoms with E-state index in [4.69, 9.17) is 23.1 Å². The Balaban J connectivity index is 2.44. The van der Waals surface area contributed by atoms with E-state index < -0.39 is 16.6 Å². The summed E-state index contributed by atoms with van der Waals surface area (Å²) in [6.07, 6.45) is -0.277. The van der Waals surface area contributed by atoms with Crippen LogP contribution in [0.4, 0.5) is 0 Å². The van der Waals surface area contributed by atoms with Gasteiger partial charge in [0.2, 0.25) is 8.32 Å². The van der Waals surface area contributed by atoms with Gasteiger partial charge in [0.05, 0.1) is 37.9 Å². The molecule has 0 saturated heterocycles. The molecule has 0 radical (unpaired) electrons. The van der Waals surface area contributed by atoms with E-state index in [1.807, 2.05) is 26.0 Å². The zero-order chi connectivity index (χ0) is 37.2. The summed E-state index contributed by atoms with van der Waals surface area (Å²) in [5.41, 5.74) is 4.38. The molecule has 3 aromatic rings. The third kappa shape index (κ3) is 7.59. The highest BCUT2D eigenvalue weighted by Gasteiger charge is 2.48. The zero-order valence-corrected chi connectivity index (χ0v) is 35.1. The maximum atomic E-state index is 12.1. The lowest BCUT2D eigenvalue weighted by Crippen LogP contribution is -2.51. The number of benzene rings is 3. The Hall–Kier alpha value is -2.89. The average Bonchev–Trinajstić information content (AvgIpc) is 3.01. The van der Waals surface area contributed by atoms with Crippen LogP contribution in [0.3, 0.4) is 0 Å². The van der Waals surface area contributed by atoms with Gasteiger partial charge in [0.15, 0.2) is 11.5 Å². The molecule has 7 nitrogen and oxygen atoms in total. The quantitative estimate of drug-likeness (QED) is 0.113. The van der Waals surface area contributed by atoms with Crippen molar-refractivity contribution in [2.24, 2.45) is 0 Å². The minimum atomic E-state index is -2.33. The van der Waals surface area contributed by atoms with Crippen molar-refractivity contribution in [3.8, 4) is 45.6 Å². The smallest absolute Gasteiger partial charge is 0.258 e. The summed E-state index contributed by atoms with van der Waals surface area (Å²) in [5, 5.41) is 24.6. The van der Waals surface area contributed by atoms with Crippen molar-refractivity contribution >= 4 is 27.4 Å². The van der Waals surface area contributed by atoms with Crippen LogP contribution in [0.15, 0.2) is 30.3 Å². The van der Waals surface area contributed by atoms with Crippen molar-refractivity contribution in [2.75, 3.05) is 14.2 Å². The lowest BCUT2D eigenvalue weighted by molar-refractivity contribution is 0.233. The third-order valence-electron chi connectivity index (χ3n) is 10.6. The molecular formula is C40H64O7Si2. The molecule has 0 aliphatic carbocycles. The van der Waals surface area contributed by atoms with Gasteiger partial charge in [-0.3, -0.25) is 0 Å². The topological polar surface area (TPSA) is 86.6 Å². The fourth-order valence-electron chi connectivity index (χ4n) is 8.59. The molecule has 0 bridgehead atoms. The van der Waals surface area contributed by atoms with Crippen molar-refractivity contribution < 1.29 is 33.3 Å². The molecule has 3 rings (SSSR count). The fraction of sp³-hybridized carbons (Fsp3) is 0.600. The molecule has 0 fully saturated rings. The van der Waals surface area contributed by atoms with Gasteiger partial charge < -0.3 is 33.3 Å². The monoisotopic (exact) mass is 712 g/mol. The van der Waals surface area contributed by atoms with Crippen LogP contribution in [0.25, 0.3) is 21.9 Å². The summed E-state index contributed by atoms with van der Waals surface area (Å²) in [6, 6.07) is 9.43. The third-order valence-corrected chi connectivity index (χ3v) is 22.6. The number of rotatable bonds is 16. The van der Waals surface area contributed by atoms with Gasteiger partial charge in [-0.25, -0.2) is 0 Å². The van der Waals surface area contributed by atoms with Crippen LogP contribution in [0.2, 0.25) is 33.2 Å². The summed E-state index contributed by atoms with van der Waals surface area (Å²) in [6.45, 7) is 31.7. The maximum absolute atomic E-state index is 12.1. The van der Waals surface area contributed by atoms with Crippen LogP contribution in [-0.4, -0.2) is 47.2 Å². The zero-order valence-electron chi connectivity index (χ0n) is 33.1. The minimum Gasteiger partial charge on any atom is -0.542 e. The van der Waals surface area contributed by atoms with E-state index in [2.05, 4.69) is 89.2 Å². The predicted molar refractivity (Wildman–Crippen MR) is 209 cm³/mol. The molecule has 0 atom stereocenters. The largest absolute Gasteiger partial charge is 0.542 e. The van der Waals surface area contributed by atoms with Crippen LogP contribution < -0.4 is 18.6 Å². The highest BCUT2D eigenvalue weighted by atomic mass is 28.4. The second-order valence-electron chi connectivity index (χ2n) is 15.7. The number of fused-ring (bicyclic) bond motifs is 1. The molecular weight excluding hydrogens is 649 g/mol. The van der Waals surface area contributed by atoms with Gasteiger partial charge in [0.25, 0.3) is 8.32 Å². The van der Waals surface area contributed by atoms with E-state index in [-0.39, 0.29) is 23.4 Å². The first-order valence-corrected chi connectivity index (χ1v) is 22.4. The first-order valence-electron chi connectivity index (χ1n) is 18.1. The van der Waals surface area contributed by atoms with Gasteiger partial charge in [-0.05, 0) is 70.9 Å². The lowest BCUT2D eigenvalue weighted by atomic mass is 9.95. The molecule has 0 amide bonds. The number of aromatic hydroxyl groups is 2. The highest BCUT2D eigenvalue weighted by Crippen LogP contribution is 2.54. The fourth-order valence-corrected chi connectivity index (χ4v) is 19.3.